The van der Waals surface area contributed by atoms with Crippen LogP contribution in [0.5, 0.6) is 11.5 Å². The van der Waals surface area contributed by atoms with Crippen molar-refractivity contribution in [3.05, 3.63) is 46.6 Å². The van der Waals surface area contributed by atoms with Gasteiger partial charge in [-0.25, -0.2) is 0 Å². The number of hydrogen-bond donors (Lipinski definition) is 2. The number of rotatable bonds is 5. The van der Waals surface area contributed by atoms with Crippen molar-refractivity contribution in [2.45, 2.75) is 6.92 Å². The number of amides is 1. The van der Waals surface area contributed by atoms with Gasteiger partial charge in [-0.05, 0) is 41.1 Å². The van der Waals surface area contributed by atoms with Crippen LogP contribution in [0.4, 0.5) is 5.69 Å². The van der Waals surface area contributed by atoms with Gasteiger partial charge < -0.3 is 14.8 Å². The van der Waals surface area contributed by atoms with Crippen molar-refractivity contribution in [3.8, 4) is 11.5 Å². The van der Waals surface area contributed by atoms with Crippen LogP contribution in [0.15, 0.2) is 41.0 Å². The molecule has 1 amide bonds. The first-order valence-electron chi connectivity index (χ1n) is 7.37. The summed E-state index contributed by atoms with van der Waals surface area (Å²) in [4.78, 5) is 12.6. The highest BCUT2D eigenvalue weighted by molar-refractivity contribution is 9.10. The number of fused-ring (bicyclic) bond motifs is 1. The number of para-hydroxylation sites is 1. The Balaban J connectivity index is 1.93. The van der Waals surface area contributed by atoms with Crippen LogP contribution in [0.3, 0.4) is 0 Å². The average Bonchev–Trinajstić information content (AvgIpc) is 3.06. The second-order valence-electron chi connectivity index (χ2n) is 5.02. The van der Waals surface area contributed by atoms with Gasteiger partial charge in [-0.2, -0.15) is 5.10 Å². The molecule has 24 heavy (non-hydrogen) atoms. The van der Waals surface area contributed by atoms with Crippen molar-refractivity contribution in [1.82, 2.24) is 10.2 Å². The molecule has 0 spiro atoms. The van der Waals surface area contributed by atoms with Crippen LogP contribution in [0.1, 0.15) is 17.3 Å². The zero-order valence-corrected chi connectivity index (χ0v) is 14.8. The quantitative estimate of drug-likeness (QED) is 0.691. The fraction of sp³-hybridized carbons (Fsp3) is 0.176. The van der Waals surface area contributed by atoms with Gasteiger partial charge in [0, 0.05) is 10.9 Å². The summed E-state index contributed by atoms with van der Waals surface area (Å²) in [6, 6.07) is 8.96. The molecule has 3 aromatic rings. The van der Waals surface area contributed by atoms with Crippen LogP contribution in [0.25, 0.3) is 10.9 Å². The van der Waals surface area contributed by atoms with Gasteiger partial charge in [0.05, 0.1) is 35.6 Å². The number of ether oxygens (including phenoxy) is 2. The smallest absolute Gasteiger partial charge is 0.255 e. The van der Waals surface area contributed by atoms with Crippen molar-refractivity contribution < 1.29 is 14.3 Å². The molecule has 0 atom stereocenters. The minimum atomic E-state index is -0.251. The van der Waals surface area contributed by atoms with Crippen LogP contribution in [0.2, 0.25) is 0 Å². The lowest BCUT2D eigenvalue weighted by Gasteiger charge is -2.13. The maximum atomic E-state index is 12.6. The predicted octanol–water partition coefficient (Wildman–Crippen LogP) is 3.99. The number of anilines is 1. The van der Waals surface area contributed by atoms with Gasteiger partial charge in [0.25, 0.3) is 5.91 Å². The Morgan fingerprint density at radius 3 is 2.96 bits per heavy atom. The first kappa shape index (κ1) is 16.3. The molecule has 0 bridgehead atoms. The van der Waals surface area contributed by atoms with E-state index in [0.717, 1.165) is 10.9 Å². The van der Waals surface area contributed by atoms with Crippen LogP contribution in [-0.2, 0) is 0 Å². The van der Waals surface area contributed by atoms with E-state index in [9.17, 15) is 4.79 Å². The molecule has 1 aromatic heterocycles. The third-order valence-electron chi connectivity index (χ3n) is 3.51. The zero-order chi connectivity index (χ0) is 17.1. The van der Waals surface area contributed by atoms with Gasteiger partial charge in [-0.3, -0.25) is 9.89 Å². The van der Waals surface area contributed by atoms with Crippen LogP contribution in [-0.4, -0.2) is 29.8 Å². The Kier molecular flexibility index (Phi) is 4.71. The number of aromatic nitrogens is 2. The Morgan fingerprint density at radius 2 is 2.21 bits per heavy atom. The number of nitrogens with zero attached hydrogens (tertiary/aromatic N) is 1. The fourth-order valence-corrected chi connectivity index (χ4v) is 2.96. The monoisotopic (exact) mass is 389 g/mol. The Bertz CT molecular complexity index is 892. The third-order valence-corrected chi connectivity index (χ3v) is 4.09. The molecule has 6 nitrogen and oxygen atoms in total. The summed E-state index contributed by atoms with van der Waals surface area (Å²) in [5.41, 5.74) is 1.90. The number of nitrogens with one attached hydrogen (secondary N) is 2. The van der Waals surface area contributed by atoms with E-state index in [-0.39, 0.29) is 5.91 Å². The first-order valence-corrected chi connectivity index (χ1v) is 8.17. The zero-order valence-electron chi connectivity index (χ0n) is 13.2. The molecule has 0 aliphatic heterocycles. The molecule has 124 valence electrons. The molecule has 0 aliphatic rings. The number of hydrogen-bond acceptors (Lipinski definition) is 4. The van der Waals surface area contributed by atoms with E-state index >= 15 is 0 Å². The predicted molar refractivity (Wildman–Crippen MR) is 95.9 cm³/mol. The highest BCUT2D eigenvalue weighted by atomic mass is 79.9. The van der Waals surface area contributed by atoms with E-state index in [1.807, 2.05) is 25.1 Å². The fourth-order valence-electron chi connectivity index (χ4n) is 2.40. The van der Waals surface area contributed by atoms with Gasteiger partial charge in [-0.15, -0.1) is 0 Å². The molecule has 2 N–H and O–H groups in total. The number of benzene rings is 2. The maximum Gasteiger partial charge on any atom is 0.255 e. The molecule has 0 unspecified atom stereocenters. The van der Waals surface area contributed by atoms with Gasteiger partial charge in [0.15, 0.2) is 11.5 Å². The molecule has 1 heterocycles. The normalized spacial score (nSPS) is 10.6. The lowest BCUT2D eigenvalue weighted by Crippen LogP contribution is -2.13. The highest BCUT2D eigenvalue weighted by Crippen LogP contribution is 2.37. The number of H-pyrrole nitrogens is 1. The number of carbonyl (C=O) groups excluding carboxylic acids is 1. The second kappa shape index (κ2) is 6.92. The summed E-state index contributed by atoms with van der Waals surface area (Å²) < 4.78 is 11.5. The summed E-state index contributed by atoms with van der Waals surface area (Å²) in [6.07, 6.45) is 1.71. The SMILES string of the molecule is CCOc1c(Br)cc(C(=O)Nc2cccc3cn[nH]c23)cc1OC. The van der Waals surface area contributed by atoms with Crippen LogP contribution >= 0.6 is 15.9 Å². The molecule has 0 saturated heterocycles. The summed E-state index contributed by atoms with van der Waals surface area (Å²) in [6.45, 7) is 2.39. The molecule has 7 heteroatoms. The van der Waals surface area contributed by atoms with Crippen molar-refractivity contribution in [1.29, 1.82) is 0 Å². The summed E-state index contributed by atoms with van der Waals surface area (Å²) in [7, 11) is 1.54. The second-order valence-corrected chi connectivity index (χ2v) is 5.87. The lowest BCUT2D eigenvalue weighted by atomic mass is 10.1. The summed E-state index contributed by atoms with van der Waals surface area (Å²) in [5.74, 6) is 0.822. The van der Waals surface area contributed by atoms with Crippen LogP contribution in [0, 0.1) is 0 Å². The Labute approximate surface area is 147 Å². The van der Waals surface area contributed by atoms with Gasteiger partial charge in [0.2, 0.25) is 0 Å². The standard InChI is InChI=1S/C17H16BrN3O3/c1-3-24-16-12(18)7-11(8-14(16)23-2)17(22)20-13-6-4-5-10-9-19-21-15(10)13/h4-9H,3H2,1-2H3,(H,19,21)(H,20,22). The molecule has 2 aromatic carbocycles. The minimum absolute atomic E-state index is 0.251. The molecule has 3 rings (SSSR count). The van der Waals surface area contributed by atoms with E-state index < -0.39 is 0 Å². The van der Waals surface area contributed by atoms with E-state index in [0.29, 0.717) is 33.8 Å². The Morgan fingerprint density at radius 1 is 1.38 bits per heavy atom. The number of carbonyl (C=O) groups is 1. The van der Waals surface area contributed by atoms with E-state index in [2.05, 4.69) is 31.4 Å². The van der Waals surface area contributed by atoms with Gasteiger partial charge >= 0.3 is 0 Å². The minimum Gasteiger partial charge on any atom is -0.493 e. The van der Waals surface area contributed by atoms with Crippen molar-refractivity contribution in [2.75, 3.05) is 19.0 Å². The first-order chi connectivity index (χ1) is 11.6. The topological polar surface area (TPSA) is 76.2 Å². The molecular formula is C17H16BrN3O3. The van der Waals surface area contributed by atoms with Crippen molar-refractivity contribution >= 4 is 38.4 Å². The maximum absolute atomic E-state index is 12.6. The van der Waals surface area contributed by atoms with Crippen LogP contribution < -0.4 is 14.8 Å². The largest absolute Gasteiger partial charge is 0.493 e. The van der Waals surface area contributed by atoms with Crippen molar-refractivity contribution in [3.63, 3.8) is 0 Å². The third kappa shape index (κ3) is 3.07. The molecular weight excluding hydrogens is 374 g/mol. The molecule has 0 radical (unpaired) electrons. The van der Waals surface area contributed by atoms with Gasteiger partial charge in [0.1, 0.15) is 0 Å². The average molecular weight is 390 g/mol. The summed E-state index contributed by atoms with van der Waals surface area (Å²) >= 11 is 3.43. The van der Waals surface area contributed by atoms with E-state index in [1.165, 1.54) is 7.11 Å². The van der Waals surface area contributed by atoms with E-state index in [4.69, 9.17) is 9.47 Å². The Hall–Kier alpha value is -2.54. The van der Waals surface area contributed by atoms with E-state index in [1.54, 1.807) is 18.3 Å². The van der Waals surface area contributed by atoms with Crippen molar-refractivity contribution in [2.24, 2.45) is 0 Å². The molecule has 0 saturated carbocycles. The summed E-state index contributed by atoms with van der Waals surface area (Å²) in [5, 5.41) is 10.7. The van der Waals surface area contributed by atoms with Gasteiger partial charge in [-0.1, -0.05) is 12.1 Å². The highest BCUT2D eigenvalue weighted by Gasteiger charge is 2.16. The number of halogens is 1. The molecule has 0 aliphatic carbocycles. The lowest BCUT2D eigenvalue weighted by molar-refractivity contribution is 0.102. The molecule has 0 fully saturated rings. The number of aromatic amines is 1. The number of methoxy groups -OCH3 is 1.